The largest absolute Gasteiger partial charge is 0.361 e. The maximum atomic E-state index is 12.5. The summed E-state index contributed by atoms with van der Waals surface area (Å²) in [5, 5.41) is 16.9. The van der Waals surface area contributed by atoms with Gasteiger partial charge in [-0.3, -0.25) is 9.78 Å². The summed E-state index contributed by atoms with van der Waals surface area (Å²) in [7, 11) is 1.78. The first kappa shape index (κ1) is 17.3. The maximum Gasteiger partial charge on any atom is 0.276 e. The van der Waals surface area contributed by atoms with Gasteiger partial charge in [0, 0.05) is 44.2 Å². The second kappa shape index (κ2) is 6.66. The molecule has 29 heavy (non-hydrogen) atoms. The van der Waals surface area contributed by atoms with Gasteiger partial charge in [0.2, 0.25) is 0 Å². The van der Waals surface area contributed by atoms with Crippen molar-refractivity contribution in [2.45, 2.75) is 13.0 Å². The zero-order valence-corrected chi connectivity index (χ0v) is 15.9. The summed E-state index contributed by atoms with van der Waals surface area (Å²) in [4.78, 5) is 20.5. The highest BCUT2D eigenvalue weighted by atomic mass is 16.5. The molecule has 0 unspecified atom stereocenters. The number of anilines is 1. The zero-order valence-electron chi connectivity index (χ0n) is 15.9. The Bertz CT molecular complexity index is 1180. The van der Waals surface area contributed by atoms with Crippen LogP contribution in [0.4, 0.5) is 5.82 Å². The quantitative estimate of drug-likeness (QED) is 0.515. The van der Waals surface area contributed by atoms with Crippen LogP contribution in [0.5, 0.6) is 0 Å². The zero-order chi connectivity index (χ0) is 20.0. The van der Waals surface area contributed by atoms with Gasteiger partial charge in [-0.05, 0) is 31.2 Å². The van der Waals surface area contributed by atoms with Crippen molar-refractivity contribution in [2.24, 2.45) is 0 Å². The molecule has 1 aliphatic heterocycles. The normalized spacial score (nSPS) is 14.2. The Kier molecular flexibility index (Phi) is 3.97. The summed E-state index contributed by atoms with van der Waals surface area (Å²) in [5.74, 6) is 1.91. The van der Waals surface area contributed by atoms with E-state index in [0.717, 1.165) is 11.4 Å². The number of likely N-dealkylation sites (N-methyl/N-ethyl adjacent to an activating group) is 1. The number of hydrogen-bond acceptors (Lipinski definition) is 8. The topological polar surface area (TPSA) is 106 Å². The van der Waals surface area contributed by atoms with Crippen LogP contribution >= 0.6 is 0 Å². The van der Waals surface area contributed by atoms with Gasteiger partial charge >= 0.3 is 0 Å². The van der Waals surface area contributed by atoms with Crippen LogP contribution in [0.1, 0.15) is 16.2 Å². The van der Waals surface area contributed by atoms with Gasteiger partial charge in [0.1, 0.15) is 11.6 Å². The summed E-state index contributed by atoms with van der Waals surface area (Å²) in [6.45, 7) is 3.13. The van der Waals surface area contributed by atoms with E-state index in [4.69, 9.17) is 9.62 Å². The third-order valence-corrected chi connectivity index (χ3v) is 5.07. The molecule has 0 aliphatic carbocycles. The summed E-state index contributed by atoms with van der Waals surface area (Å²) >= 11 is 0. The minimum Gasteiger partial charge on any atom is -0.361 e. The lowest BCUT2D eigenvalue weighted by Crippen LogP contribution is -2.60. The minimum atomic E-state index is -0.146. The molecular formula is C19H18N8O2. The lowest BCUT2D eigenvalue weighted by atomic mass is 10.1. The maximum absolute atomic E-state index is 12.5. The number of pyridine rings is 1. The van der Waals surface area contributed by atoms with Crippen molar-refractivity contribution >= 4 is 17.4 Å². The summed E-state index contributed by atoms with van der Waals surface area (Å²) < 4.78 is 6.72. The van der Waals surface area contributed by atoms with E-state index in [9.17, 15) is 4.79 Å². The van der Waals surface area contributed by atoms with Gasteiger partial charge in [0.05, 0.1) is 6.04 Å². The van der Waals surface area contributed by atoms with Crippen LogP contribution in [0.3, 0.4) is 0 Å². The standard InChI is InChI=1S/C19H18N8O2/c1-12-8-15(24-29-12)19(28)25(2)14-10-26(11-14)17-6-5-16-21-22-18(27(16)23-17)13-4-3-7-20-9-13/h3-9,14H,10-11H2,1-2H3. The van der Waals surface area contributed by atoms with Gasteiger partial charge in [-0.15, -0.1) is 15.3 Å². The molecule has 4 aromatic heterocycles. The SMILES string of the molecule is Cc1cc(C(=O)N(C)C2CN(c3ccc4nnc(-c5cccnc5)n4n3)C2)no1. The molecule has 0 aromatic carbocycles. The molecule has 0 bridgehead atoms. The molecule has 1 aliphatic rings. The van der Waals surface area contributed by atoms with Crippen molar-refractivity contribution in [2.75, 3.05) is 25.0 Å². The Morgan fingerprint density at radius 3 is 2.83 bits per heavy atom. The van der Waals surface area contributed by atoms with Crippen molar-refractivity contribution in [1.29, 1.82) is 0 Å². The van der Waals surface area contributed by atoms with Gasteiger partial charge in [-0.2, -0.15) is 4.52 Å². The Labute approximate surface area is 165 Å². The van der Waals surface area contributed by atoms with E-state index in [0.29, 0.717) is 36.0 Å². The van der Waals surface area contributed by atoms with Gasteiger partial charge in [-0.1, -0.05) is 5.16 Å². The number of amides is 1. The predicted molar refractivity (Wildman–Crippen MR) is 103 cm³/mol. The highest BCUT2D eigenvalue weighted by Crippen LogP contribution is 2.24. The van der Waals surface area contributed by atoms with E-state index in [1.165, 1.54) is 0 Å². The molecule has 0 N–H and O–H groups in total. The van der Waals surface area contributed by atoms with Crippen molar-refractivity contribution in [1.82, 2.24) is 34.9 Å². The monoisotopic (exact) mass is 390 g/mol. The Hall–Kier alpha value is -3.82. The van der Waals surface area contributed by atoms with Gasteiger partial charge in [0.25, 0.3) is 5.91 Å². The fraction of sp³-hybridized carbons (Fsp3) is 0.263. The number of rotatable bonds is 4. The lowest BCUT2D eigenvalue weighted by Gasteiger charge is -2.44. The van der Waals surface area contributed by atoms with Crippen LogP contribution in [-0.2, 0) is 0 Å². The Morgan fingerprint density at radius 2 is 2.10 bits per heavy atom. The molecule has 10 nitrogen and oxygen atoms in total. The van der Waals surface area contributed by atoms with E-state index in [-0.39, 0.29) is 11.9 Å². The second-order valence-corrected chi connectivity index (χ2v) is 7.02. The second-order valence-electron chi connectivity index (χ2n) is 7.02. The van der Waals surface area contributed by atoms with E-state index in [2.05, 4.69) is 25.2 Å². The molecule has 0 atom stereocenters. The fourth-order valence-corrected chi connectivity index (χ4v) is 3.32. The van der Waals surface area contributed by atoms with E-state index in [1.54, 1.807) is 41.8 Å². The lowest BCUT2D eigenvalue weighted by molar-refractivity contribution is 0.0694. The highest BCUT2D eigenvalue weighted by molar-refractivity contribution is 5.92. The highest BCUT2D eigenvalue weighted by Gasteiger charge is 2.34. The molecule has 5 rings (SSSR count). The molecule has 1 fully saturated rings. The molecule has 146 valence electrons. The Balaban J connectivity index is 1.33. The molecule has 0 spiro atoms. The summed E-state index contributed by atoms with van der Waals surface area (Å²) in [5.41, 5.74) is 1.84. The molecule has 0 saturated carbocycles. The first-order valence-corrected chi connectivity index (χ1v) is 9.18. The van der Waals surface area contributed by atoms with Crippen molar-refractivity contribution < 1.29 is 9.32 Å². The molecule has 4 aromatic rings. The number of aryl methyl sites for hydroxylation is 1. The van der Waals surface area contributed by atoms with Crippen molar-refractivity contribution in [3.8, 4) is 11.4 Å². The molecule has 0 radical (unpaired) electrons. The number of carbonyl (C=O) groups is 1. The molecule has 1 saturated heterocycles. The van der Waals surface area contributed by atoms with E-state index >= 15 is 0 Å². The number of nitrogens with zero attached hydrogens (tertiary/aromatic N) is 8. The van der Waals surface area contributed by atoms with Gasteiger partial charge in [-0.25, -0.2) is 0 Å². The van der Waals surface area contributed by atoms with Gasteiger partial charge < -0.3 is 14.3 Å². The van der Waals surface area contributed by atoms with Crippen LogP contribution in [0, 0.1) is 6.92 Å². The van der Waals surface area contributed by atoms with Gasteiger partial charge in [0.15, 0.2) is 17.2 Å². The molecular weight excluding hydrogens is 372 g/mol. The van der Waals surface area contributed by atoms with Crippen LogP contribution in [-0.4, -0.2) is 66.9 Å². The van der Waals surface area contributed by atoms with Crippen molar-refractivity contribution in [3.63, 3.8) is 0 Å². The van der Waals surface area contributed by atoms with E-state index in [1.807, 2.05) is 24.3 Å². The summed E-state index contributed by atoms with van der Waals surface area (Å²) in [6, 6.07) is 9.30. The first-order chi connectivity index (χ1) is 14.1. The van der Waals surface area contributed by atoms with Crippen LogP contribution in [0.25, 0.3) is 17.0 Å². The number of carbonyl (C=O) groups excluding carboxylic acids is 1. The third-order valence-electron chi connectivity index (χ3n) is 5.07. The van der Waals surface area contributed by atoms with Crippen LogP contribution < -0.4 is 4.90 Å². The number of hydrogen-bond donors (Lipinski definition) is 0. The van der Waals surface area contributed by atoms with Crippen molar-refractivity contribution in [3.05, 3.63) is 54.2 Å². The fourth-order valence-electron chi connectivity index (χ4n) is 3.32. The first-order valence-electron chi connectivity index (χ1n) is 9.18. The average Bonchev–Trinajstić information content (AvgIpc) is 3.33. The third kappa shape index (κ3) is 2.98. The summed E-state index contributed by atoms with van der Waals surface area (Å²) in [6.07, 6.45) is 3.45. The molecule has 1 amide bonds. The average molecular weight is 390 g/mol. The smallest absolute Gasteiger partial charge is 0.276 e. The number of fused-ring (bicyclic) bond motifs is 1. The molecule has 5 heterocycles. The predicted octanol–water partition coefficient (Wildman–Crippen LogP) is 1.44. The Morgan fingerprint density at radius 1 is 1.24 bits per heavy atom. The minimum absolute atomic E-state index is 0.0794. The number of aromatic nitrogens is 6. The van der Waals surface area contributed by atoms with Crippen LogP contribution in [0.2, 0.25) is 0 Å². The van der Waals surface area contributed by atoms with E-state index < -0.39 is 0 Å². The van der Waals surface area contributed by atoms with Crippen LogP contribution in [0.15, 0.2) is 47.2 Å². The molecule has 10 heteroatoms.